The Balaban J connectivity index is 1.80. The predicted molar refractivity (Wildman–Crippen MR) is 121 cm³/mol. The molecule has 2 bridgehead atoms. The van der Waals surface area contributed by atoms with Crippen molar-refractivity contribution in [3.63, 3.8) is 0 Å². The van der Waals surface area contributed by atoms with Crippen LogP contribution in [0, 0.1) is 0 Å². The molecule has 0 radical (unpaired) electrons. The number of rotatable bonds is 2. The van der Waals surface area contributed by atoms with Crippen LogP contribution >= 0.6 is 0 Å². The summed E-state index contributed by atoms with van der Waals surface area (Å²) >= 11 is 0. The lowest BCUT2D eigenvalue weighted by Gasteiger charge is -2.22. The molecule has 0 atom stereocenters. The molecule has 3 aromatic rings. The SMILES string of the molecule is COc1cc(OC)c2cc1Nc1ncnc3[nH]cc(c13)CN(C)CCCN(C)C(=O)CO2. The predicted octanol–water partition coefficient (Wildman–Crippen LogP) is 2.39. The Hall–Kier alpha value is -3.53. The number of nitrogens with zero attached hydrogens (tertiary/aromatic N) is 4. The topological polar surface area (TPSA) is 105 Å². The van der Waals surface area contributed by atoms with Gasteiger partial charge < -0.3 is 34.3 Å². The van der Waals surface area contributed by atoms with E-state index in [2.05, 4.69) is 32.2 Å². The van der Waals surface area contributed by atoms with Crippen molar-refractivity contribution < 1.29 is 19.0 Å². The first kappa shape index (κ1) is 21.7. The van der Waals surface area contributed by atoms with E-state index in [-0.39, 0.29) is 12.5 Å². The van der Waals surface area contributed by atoms with Gasteiger partial charge in [-0.05, 0) is 25.6 Å². The highest BCUT2D eigenvalue weighted by molar-refractivity contribution is 5.92. The summed E-state index contributed by atoms with van der Waals surface area (Å²) in [7, 11) is 6.97. The number of hydrogen-bond donors (Lipinski definition) is 2. The molecule has 2 aromatic heterocycles. The number of methoxy groups -OCH3 is 2. The second-order valence-electron chi connectivity index (χ2n) is 7.78. The lowest BCUT2D eigenvalue weighted by molar-refractivity contribution is -0.132. The number of H-pyrrole nitrogens is 1. The summed E-state index contributed by atoms with van der Waals surface area (Å²) < 4.78 is 16.9. The maximum Gasteiger partial charge on any atom is 0.260 e. The summed E-state index contributed by atoms with van der Waals surface area (Å²) in [5.74, 6) is 2.01. The quantitative estimate of drug-likeness (QED) is 0.626. The molecule has 2 N–H and O–H groups in total. The highest BCUT2D eigenvalue weighted by Crippen LogP contribution is 2.40. The molecule has 0 unspecified atom stereocenters. The zero-order chi connectivity index (χ0) is 22.7. The van der Waals surface area contributed by atoms with Gasteiger partial charge in [0.1, 0.15) is 23.5 Å². The van der Waals surface area contributed by atoms with Crippen LogP contribution in [0.2, 0.25) is 0 Å². The van der Waals surface area contributed by atoms with Crippen molar-refractivity contribution in [3.05, 3.63) is 30.2 Å². The summed E-state index contributed by atoms with van der Waals surface area (Å²) in [6.07, 6.45) is 4.31. The van der Waals surface area contributed by atoms with Gasteiger partial charge in [0, 0.05) is 38.5 Å². The van der Waals surface area contributed by atoms with E-state index < -0.39 is 0 Å². The molecule has 1 aliphatic rings. The number of carbonyl (C=O) groups excluding carboxylic acids is 1. The van der Waals surface area contributed by atoms with Gasteiger partial charge >= 0.3 is 0 Å². The number of ether oxygens (including phenoxy) is 3. The Morgan fingerprint density at radius 3 is 2.69 bits per heavy atom. The summed E-state index contributed by atoms with van der Waals surface area (Å²) in [5, 5.41) is 4.27. The smallest absolute Gasteiger partial charge is 0.260 e. The fraction of sp³-hybridized carbons (Fsp3) is 0.409. The Labute approximate surface area is 186 Å². The van der Waals surface area contributed by atoms with Gasteiger partial charge in [0.25, 0.3) is 5.91 Å². The molecular weight excluding hydrogens is 412 g/mol. The van der Waals surface area contributed by atoms with E-state index in [1.54, 1.807) is 38.3 Å². The van der Waals surface area contributed by atoms with Crippen molar-refractivity contribution in [1.29, 1.82) is 0 Å². The number of anilines is 2. The van der Waals surface area contributed by atoms with Crippen LogP contribution < -0.4 is 19.5 Å². The Morgan fingerprint density at radius 1 is 1.09 bits per heavy atom. The number of benzene rings is 1. The number of aromatic nitrogens is 3. The number of amides is 1. The molecule has 10 heteroatoms. The zero-order valence-corrected chi connectivity index (χ0v) is 18.8. The van der Waals surface area contributed by atoms with Gasteiger partial charge in [-0.3, -0.25) is 4.79 Å². The van der Waals surface area contributed by atoms with Crippen LogP contribution in [0.25, 0.3) is 11.0 Å². The zero-order valence-electron chi connectivity index (χ0n) is 18.8. The summed E-state index contributed by atoms with van der Waals surface area (Å²) in [6, 6.07) is 3.47. The van der Waals surface area contributed by atoms with Gasteiger partial charge in [0.15, 0.2) is 18.1 Å². The van der Waals surface area contributed by atoms with Crippen LogP contribution in [-0.4, -0.2) is 78.7 Å². The number of aromatic amines is 1. The molecule has 4 rings (SSSR count). The van der Waals surface area contributed by atoms with Gasteiger partial charge in [0.05, 0.1) is 25.3 Å². The van der Waals surface area contributed by atoms with Crippen LogP contribution in [0.4, 0.5) is 11.5 Å². The van der Waals surface area contributed by atoms with Crippen molar-refractivity contribution >= 4 is 28.4 Å². The second-order valence-corrected chi connectivity index (χ2v) is 7.78. The third kappa shape index (κ3) is 4.40. The minimum Gasteiger partial charge on any atom is -0.494 e. The second kappa shape index (κ2) is 9.31. The molecule has 1 amide bonds. The molecule has 3 heterocycles. The molecule has 0 saturated carbocycles. The van der Waals surface area contributed by atoms with Crippen LogP contribution in [-0.2, 0) is 11.3 Å². The lowest BCUT2D eigenvalue weighted by atomic mass is 10.2. The Morgan fingerprint density at radius 2 is 1.91 bits per heavy atom. The van der Waals surface area contributed by atoms with Crippen LogP contribution in [0.15, 0.2) is 24.7 Å². The molecule has 32 heavy (non-hydrogen) atoms. The first-order chi connectivity index (χ1) is 15.5. The minimum atomic E-state index is -0.0995. The Bertz CT molecular complexity index is 1120. The van der Waals surface area contributed by atoms with Crippen LogP contribution in [0.1, 0.15) is 12.0 Å². The van der Waals surface area contributed by atoms with Crippen molar-refractivity contribution in [2.75, 3.05) is 53.3 Å². The summed E-state index contributed by atoms with van der Waals surface area (Å²) in [6.45, 7) is 2.10. The van der Waals surface area contributed by atoms with Crippen molar-refractivity contribution in [2.24, 2.45) is 0 Å². The first-order valence-corrected chi connectivity index (χ1v) is 10.4. The van der Waals surface area contributed by atoms with Gasteiger partial charge in [-0.2, -0.15) is 0 Å². The third-order valence-electron chi connectivity index (χ3n) is 5.54. The van der Waals surface area contributed by atoms with E-state index in [1.165, 1.54) is 6.33 Å². The molecule has 0 spiro atoms. The van der Waals surface area contributed by atoms with E-state index in [0.717, 1.165) is 29.6 Å². The lowest BCUT2D eigenvalue weighted by Crippen LogP contribution is -2.33. The van der Waals surface area contributed by atoms with Gasteiger partial charge in [-0.1, -0.05) is 0 Å². The van der Waals surface area contributed by atoms with E-state index in [4.69, 9.17) is 14.2 Å². The highest BCUT2D eigenvalue weighted by atomic mass is 16.5. The molecular formula is C22H28N6O4. The summed E-state index contributed by atoms with van der Waals surface area (Å²) in [5.41, 5.74) is 2.46. The molecule has 170 valence electrons. The monoisotopic (exact) mass is 440 g/mol. The van der Waals surface area contributed by atoms with E-state index in [0.29, 0.717) is 41.8 Å². The fourth-order valence-electron chi connectivity index (χ4n) is 3.78. The molecule has 0 fully saturated rings. The van der Waals surface area contributed by atoms with Crippen molar-refractivity contribution in [3.8, 4) is 17.2 Å². The van der Waals surface area contributed by atoms with Gasteiger partial charge in [0.2, 0.25) is 0 Å². The number of nitrogens with one attached hydrogen (secondary N) is 2. The summed E-state index contributed by atoms with van der Waals surface area (Å²) in [4.78, 5) is 28.5. The van der Waals surface area contributed by atoms with Crippen molar-refractivity contribution in [2.45, 2.75) is 13.0 Å². The standard InChI is InChI=1S/C22H28N6O4/c1-27-6-5-7-28(2)19(29)12-32-18-8-15(16(30-3)9-17(18)31-4)26-22-20-14(11-27)10-23-21(20)24-13-25-22/h8-10,13H,5-7,11-12H2,1-4H3,(H2,23,24,25,26). The highest BCUT2D eigenvalue weighted by Gasteiger charge is 2.19. The maximum atomic E-state index is 12.5. The Kier molecular flexibility index (Phi) is 6.31. The van der Waals surface area contributed by atoms with E-state index >= 15 is 0 Å². The molecule has 0 aliphatic carbocycles. The maximum absolute atomic E-state index is 12.5. The van der Waals surface area contributed by atoms with Crippen LogP contribution in [0.5, 0.6) is 17.2 Å². The van der Waals surface area contributed by atoms with E-state index in [9.17, 15) is 4.79 Å². The molecule has 0 saturated heterocycles. The van der Waals surface area contributed by atoms with Gasteiger partial charge in [-0.15, -0.1) is 0 Å². The first-order valence-electron chi connectivity index (χ1n) is 10.4. The van der Waals surface area contributed by atoms with E-state index in [1.807, 2.05) is 6.20 Å². The van der Waals surface area contributed by atoms with Crippen LogP contribution in [0.3, 0.4) is 0 Å². The molecule has 1 aromatic carbocycles. The largest absolute Gasteiger partial charge is 0.494 e. The van der Waals surface area contributed by atoms with Gasteiger partial charge in [-0.25, -0.2) is 9.97 Å². The molecule has 1 aliphatic heterocycles. The number of likely N-dealkylation sites (N-methyl/N-ethyl adjacent to an activating group) is 1. The number of hydrogen-bond acceptors (Lipinski definition) is 8. The minimum absolute atomic E-state index is 0.0891. The fourth-order valence-corrected chi connectivity index (χ4v) is 3.78. The normalized spacial score (nSPS) is 15.9. The third-order valence-corrected chi connectivity index (χ3v) is 5.54. The number of carbonyl (C=O) groups is 1. The number of fused-ring (bicyclic) bond motifs is 2. The average Bonchev–Trinajstić information content (AvgIpc) is 3.20. The van der Waals surface area contributed by atoms with Crippen molar-refractivity contribution in [1.82, 2.24) is 24.8 Å². The average molecular weight is 441 g/mol. The molecule has 10 nitrogen and oxygen atoms in total.